The van der Waals surface area contributed by atoms with Crippen LogP contribution in [0.2, 0.25) is 0 Å². The van der Waals surface area contributed by atoms with E-state index in [1.54, 1.807) is 0 Å². The maximum Gasteiger partial charge on any atom is 0.303 e. The predicted octanol–water partition coefficient (Wildman–Crippen LogP) is 0.173. The van der Waals surface area contributed by atoms with Crippen molar-refractivity contribution >= 4 is 11.9 Å². The van der Waals surface area contributed by atoms with Crippen molar-refractivity contribution in [1.82, 2.24) is 0 Å². The molecule has 0 aliphatic carbocycles. The van der Waals surface area contributed by atoms with Gasteiger partial charge in [0.05, 0.1) is 18.7 Å². The van der Waals surface area contributed by atoms with Gasteiger partial charge < -0.3 is 28.4 Å². The Kier molecular flexibility index (Phi) is 7.42. The summed E-state index contributed by atoms with van der Waals surface area (Å²) in [5.41, 5.74) is 0. The highest BCUT2D eigenvalue weighted by atomic mass is 16.6. The summed E-state index contributed by atoms with van der Waals surface area (Å²) in [7, 11) is -1.87. The van der Waals surface area contributed by atoms with Crippen molar-refractivity contribution in [2.24, 2.45) is 0 Å². The first-order valence-electron chi connectivity index (χ1n) is 9.14. The third kappa shape index (κ3) is 7.17. The number of rotatable bonds is 11. The Bertz CT molecular complexity index is 365. The third-order valence-corrected chi connectivity index (χ3v) is 2.64. The van der Waals surface area contributed by atoms with Gasteiger partial charge in [-0.15, -0.1) is 0 Å². The summed E-state index contributed by atoms with van der Waals surface area (Å²) in [6.07, 6.45) is -4.42. The molecule has 22 heavy (non-hydrogen) atoms. The topological polar surface area (TPSA) is 89.5 Å². The third-order valence-electron chi connectivity index (χ3n) is 2.64. The molecule has 8 nitrogen and oxygen atoms in total. The number of carbonyl (C=O) groups is 2. The van der Waals surface area contributed by atoms with Gasteiger partial charge in [0.15, 0.2) is 12.2 Å². The Hall–Kier alpha value is -1.22. The van der Waals surface area contributed by atoms with Crippen molar-refractivity contribution in [3.05, 3.63) is 0 Å². The van der Waals surface area contributed by atoms with Gasteiger partial charge in [-0.1, -0.05) is 0 Å². The van der Waals surface area contributed by atoms with Crippen LogP contribution >= 0.6 is 0 Å². The van der Waals surface area contributed by atoms with E-state index in [1.807, 2.05) is 0 Å². The highest BCUT2D eigenvalue weighted by molar-refractivity contribution is 5.66. The molecular weight excluding hydrogens is 296 g/mol. The van der Waals surface area contributed by atoms with Gasteiger partial charge in [0.1, 0.15) is 12.2 Å². The molecule has 0 aromatic carbocycles. The van der Waals surface area contributed by atoms with Crippen molar-refractivity contribution in [2.45, 2.75) is 38.3 Å². The van der Waals surface area contributed by atoms with Crippen LogP contribution in [0.1, 0.15) is 19.3 Å². The predicted molar refractivity (Wildman–Crippen MR) is 76.5 cm³/mol. The zero-order chi connectivity index (χ0) is 19.9. The summed E-state index contributed by atoms with van der Waals surface area (Å²) in [5.74, 6) is -1.31. The van der Waals surface area contributed by atoms with Crippen LogP contribution in [0.25, 0.3) is 0 Å². The fourth-order valence-corrected chi connectivity index (χ4v) is 1.88. The molecule has 0 heterocycles. The summed E-state index contributed by atoms with van der Waals surface area (Å²) >= 11 is 0. The van der Waals surface area contributed by atoms with E-state index in [-0.39, 0.29) is 13.2 Å². The Labute approximate surface area is 136 Å². The lowest BCUT2D eigenvalue weighted by atomic mass is 10.0. The summed E-state index contributed by atoms with van der Waals surface area (Å²) in [5, 5.41) is 0. The fraction of sp³-hybridized carbons (Fsp3) is 0.857. The molecule has 0 unspecified atom stereocenters. The summed E-state index contributed by atoms with van der Waals surface area (Å²) < 4.78 is 59.6. The summed E-state index contributed by atoms with van der Waals surface area (Å²) in [6.45, 7) is 1.88. The first-order chi connectivity index (χ1) is 12.4. The van der Waals surface area contributed by atoms with Gasteiger partial charge >= 0.3 is 11.9 Å². The summed E-state index contributed by atoms with van der Waals surface area (Å²) in [6, 6.07) is 0. The average Bonchev–Trinajstić information content (AvgIpc) is 2.58. The maximum atomic E-state index is 11.4. The molecule has 0 fully saturated rings. The van der Waals surface area contributed by atoms with Crippen LogP contribution < -0.4 is 0 Å². The second-order valence-electron chi connectivity index (χ2n) is 4.30. The second kappa shape index (κ2) is 11.4. The van der Waals surface area contributed by atoms with E-state index in [4.69, 9.17) is 33.9 Å². The minimum atomic E-state index is -1.13. The highest BCUT2D eigenvalue weighted by Gasteiger charge is 2.39. The molecule has 0 aromatic heterocycles. The van der Waals surface area contributed by atoms with Crippen LogP contribution in [-0.2, 0) is 38.0 Å². The molecule has 0 spiro atoms. The maximum absolute atomic E-state index is 11.4. The quantitative estimate of drug-likeness (QED) is 0.497. The monoisotopic (exact) mass is 326 g/mol. The molecule has 0 aliphatic heterocycles. The molecular formula is C14H26O8. The van der Waals surface area contributed by atoms with Crippen LogP contribution in [0.5, 0.6) is 0 Å². The van der Waals surface area contributed by atoms with Gasteiger partial charge in [-0.3, -0.25) is 9.59 Å². The average molecular weight is 326 g/mol. The van der Waals surface area contributed by atoms with Crippen LogP contribution in [0, 0.1) is 0 Å². The molecule has 0 amide bonds. The molecule has 0 N–H and O–H groups in total. The van der Waals surface area contributed by atoms with E-state index in [1.165, 1.54) is 13.8 Å². The minimum absolute atomic E-state index is 0.225. The number of hydrogen-bond acceptors (Lipinski definition) is 8. The van der Waals surface area contributed by atoms with Gasteiger partial charge in [-0.2, -0.15) is 0 Å². The van der Waals surface area contributed by atoms with E-state index in [0.29, 0.717) is 0 Å². The molecule has 0 aromatic rings. The van der Waals surface area contributed by atoms with Gasteiger partial charge in [0.25, 0.3) is 0 Å². The normalized spacial score (nSPS) is 18.8. The van der Waals surface area contributed by atoms with Gasteiger partial charge in [0.2, 0.25) is 0 Å². The molecule has 0 radical (unpaired) electrons. The van der Waals surface area contributed by atoms with Gasteiger partial charge in [-0.25, -0.2) is 0 Å². The fourth-order valence-electron chi connectivity index (χ4n) is 1.88. The summed E-state index contributed by atoms with van der Waals surface area (Å²) in [4.78, 5) is 22.8. The largest absolute Gasteiger partial charge is 0.457 e. The number of hydrogen-bond donors (Lipinski definition) is 0. The van der Waals surface area contributed by atoms with Crippen LogP contribution in [-0.4, -0.2) is 77.9 Å². The van der Waals surface area contributed by atoms with Gasteiger partial charge in [0, 0.05) is 42.2 Å². The molecule has 0 rings (SSSR count). The number of methoxy groups -OCH3 is 4. The van der Waals surface area contributed by atoms with Crippen molar-refractivity contribution < 1.29 is 43.5 Å². The van der Waals surface area contributed by atoms with E-state index in [2.05, 4.69) is 0 Å². The standard InChI is InChI=1S/C14H26O8/c1-9(15)21-11(7-17-3)13(19-5)14(20-6)12(8-18-4)22-10(2)16/h11-14H,7-8H2,1-6H3/t11-,12+,13-,14-/m1/s1/i3D,4D,5D,6D. The molecule has 130 valence electrons. The van der Waals surface area contributed by atoms with E-state index < -0.39 is 64.7 Å². The number of esters is 2. The molecule has 0 bridgehead atoms. The first-order valence-corrected chi connectivity index (χ1v) is 6.31. The van der Waals surface area contributed by atoms with Crippen molar-refractivity contribution in [3.8, 4) is 0 Å². The Morgan fingerprint density at radius 3 is 1.50 bits per heavy atom. The second-order valence-corrected chi connectivity index (χ2v) is 4.30. The Morgan fingerprint density at radius 2 is 1.23 bits per heavy atom. The highest BCUT2D eigenvalue weighted by Crippen LogP contribution is 2.18. The molecule has 0 aliphatic rings. The SMILES string of the molecule is [2H]COC[C@H](OC(C)=O)[C@@H](OC[2H])[C@H](OC[2H])[C@@H](COC[2H])OC(C)=O. The molecule has 0 saturated carbocycles. The van der Waals surface area contributed by atoms with Crippen molar-refractivity contribution in [2.75, 3.05) is 41.6 Å². The van der Waals surface area contributed by atoms with E-state index in [9.17, 15) is 9.59 Å². The van der Waals surface area contributed by atoms with Crippen LogP contribution in [0.4, 0.5) is 0 Å². The Morgan fingerprint density at radius 1 is 0.818 bits per heavy atom. The van der Waals surface area contributed by atoms with Gasteiger partial charge in [-0.05, 0) is 0 Å². The molecule has 8 heteroatoms. The van der Waals surface area contributed by atoms with Crippen molar-refractivity contribution in [3.63, 3.8) is 0 Å². The minimum Gasteiger partial charge on any atom is -0.457 e. The lowest BCUT2D eigenvalue weighted by molar-refractivity contribution is -0.190. The van der Waals surface area contributed by atoms with E-state index >= 15 is 0 Å². The lowest BCUT2D eigenvalue weighted by Gasteiger charge is -2.34. The molecule has 4 atom stereocenters. The zero-order valence-electron chi connectivity index (χ0n) is 16.8. The van der Waals surface area contributed by atoms with Crippen molar-refractivity contribution in [1.29, 1.82) is 0 Å². The van der Waals surface area contributed by atoms with Crippen LogP contribution in [0.3, 0.4) is 0 Å². The smallest absolute Gasteiger partial charge is 0.303 e. The lowest BCUT2D eigenvalue weighted by Crippen LogP contribution is -2.52. The van der Waals surface area contributed by atoms with E-state index in [0.717, 1.165) is 0 Å². The number of carbonyl (C=O) groups excluding carboxylic acids is 2. The Balaban J connectivity index is 5.62. The zero-order valence-corrected chi connectivity index (χ0v) is 12.8. The molecule has 0 saturated heterocycles. The first kappa shape index (κ1) is 14.4. The number of ether oxygens (including phenoxy) is 6. The van der Waals surface area contributed by atoms with Crippen LogP contribution in [0.15, 0.2) is 0 Å².